The molecule has 0 amide bonds. The van der Waals surface area contributed by atoms with Crippen molar-refractivity contribution in [2.45, 2.75) is 322 Å². The molecule has 0 bridgehead atoms. The molecule has 1 atom stereocenters. The summed E-state index contributed by atoms with van der Waals surface area (Å²) in [5, 5.41) is 0. The molecule has 0 aromatic heterocycles. The molecule has 71 heavy (non-hydrogen) atoms. The highest BCUT2D eigenvalue weighted by molar-refractivity contribution is 5.71. The molecule has 0 aliphatic heterocycles. The van der Waals surface area contributed by atoms with Crippen LogP contribution in [0.4, 0.5) is 0 Å². The third-order valence-electron chi connectivity index (χ3n) is 13.5. The fourth-order valence-corrected chi connectivity index (χ4v) is 8.86. The van der Waals surface area contributed by atoms with Crippen LogP contribution in [-0.2, 0) is 28.6 Å². The van der Waals surface area contributed by atoms with E-state index in [-0.39, 0.29) is 31.1 Å². The van der Waals surface area contributed by atoms with Crippen LogP contribution in [-0.4, -0.2) is 37.2 Å². The van der Waals surface area contributed by atoms with E-state index in [4.69, 9.17) is 14.2 Å². The van der Waals surface area contributed by atoms with E-state index in [0.29, 0.717) is 19.3 Å². The second-order valence-corrected chi connectivity index (χ2v) is 20.6. The monoisotopic (exact) mass is 993 g/mol. The van der Waals surface area contributed by atoms with Gasteiger partial charge in [0.1, 0.15) is 13.2 Å². The van der Waals surface area contributed by atoms with Crippen molar-refractivity contribution < 1.29 is 28.6 Å². The van der Waals surface area contributed by atoms with Gasteiger partial charge in [0.15, 0.2) is 6.10 Å². The Morgan fingerprint density at radius 1 is 0.296 bits per heavy atom. The van der Waals surface area contributed by atoms with E-state index in [9.17, 15) is 14.4 Å². The quantitative estimate of drug-likeness (QED) is 0.0261. The maximum Gasteiger partial charge on any atom is 0.306 e. The molecule has 0 aliphatic rings. The number of hydrogen-bond acceptors (Lipinski definition) is 6. The summed E-state index contributed by atoms with van der Waals surface area (Å²) in [6, 6.07) is 0. The highest BCUT2D eigenvalue weighted by Gasteiger charge is 2.19. The normalized spacial score (nSPS) is 12.4. The number of carbonyl (C=O) groups is 3. The van der Waals surface area contributed by atoms with Gasteiger partial charge in [-0.15, -0.1) is 0 Å². The molecular formula is C65H116O6. The molecule has 0 N–H and O–H groups in total. The Kier molecular flexibility index (Phi) is 57.2. The number of hydrogen-bond donors (Lipinski definition) is 0. The lowest BCUT2D eigenvalue weighted by Crippen LogP contribution is -2.30. The van der Waals surface area contributed by atoms with Gasteiger partial charge in [0.2, 0.25) is 0 Å². The number of carbonyl (C=O) groups excluding carboxylic acids is 3. The Hall–Kier alpha value is -2.89. The first-order chi connectivity index (χ1) is 35.0. The summed E-state index contributed by atoms with van der Waals surface area (Å²) < 4.78 is 16.9. The number of rotatable bonds is 56. The van der Waals surface area contributed by atoms with Gasteiger partial charge in [0.25, 0.3) is 0 Å². The van der Waals surface area contributed by atoms with Gasteiger partial charge in [0, 0.05) is 19.3 Å². The summed E-state index contributed by atoms with van der Waals surface area (Å²) in [5.74, 6) is -0.888. The lowest BCUT2D eigenvalue weighted by molar-refractivity contribution is -0.167. The molecule has 6 heteroatoms. The van der Waals surface area contributed by atoms with Gasteiger partial charge in [-0.2, -0.15) is 0 Å². The van der Waals surface area contributed by atoms with Gasteiger partial charge in [-0.3, -0.25) is 14.4 Å². The van der Waals surface area contributed by atoms with Gasteiger partial charge in [-0.1, -0.05) is 255 Å². The van der Waals surface area contributed by atoms with Crippen LogP contribution in [0.25, 0.3) is 0 Å². The summed E-state index contributed by atoms with van der Waals surface area (Å²) in [4.78, 5) is 38.3. The summed E-state index contributed by atoms with van der Waals surface area (Å²) in [5.41, 5.74) is 0. The van der Waals surface area contributed by atoms with Crippen LogP contribution in [0.3, 0.4) is 0 Å². The van der Waals surface area contributed by atoms with Gasteiger partial charge < -0.3 is 14.2 Å². The molecule has 0 aliphatic carbocycles. The minimum Gasteiger partial charge on any atom is -0.462 e. The minimum absolute atomic E-state index is 0.0807. The van der Waals surface area contributed by atoms with Crippen molar-refractivity contribution in [3.8, 4) is 0 Å². The topological polar surface area (TPSA) is 78.9 Å². The van der Waals surface area contributed by atoms with E-state index in [2.05, 4.69) is 81.5 Å². The van der Waals surface area contributed by atoms with Crippen LogP contribution in [0.1, 0.15) is 316 Å². The molecule has 6 nitrogen and oxygen atoms in total. The first kappa shape index (κ1) is 68.1. The van der Waals surface area contributed by atoms with E-state index in [0.717, 1.165) is 96.3 Å². The fourth-order valence-electron chi connectivity index (χ4n) is 8.86. The molecular weight excluding hydrogens is 877 g/mol. The predicted molar refractivity (Wildman–Crippen MR) is 307 cm³/mol. The molecule has 0 spiro atoms. The Balaban J connectivity index is 4.36. The van der Waals surface area contributed by atoms with Crippen molar-refractivity contribution in [1.29, 1.82) is 0 Å². The third kappa shape index (κ3) is 57.9. The van der Waals surface area contributed by atoms with Crippen molar-refractivity contribution in [3.63, 3.8) is 0 Å². The summed E-state index contributed by atoms with van der Waals surface area (Å²) in [6.45, 7) is 6.54. The van der Waals surface area contributed by atoms with Crippen molar-refractivity contribution in [2.75, 3.05) is 13.2 Å². The molecule has 0 saturated heterocycles. The van der Waals surface area contributed by atoms with Gasteiger partial charge in [-0.05, 0) is 103 Å². The first-order valence-electron chi connectivity index (χ1n) is 30.8. The maximum atomic E-state index is 12.9. The lowest BCUT2D eigenvalue weighted by Gasteiger charge is -2.18. The van der Waals surface area contributed by atoms with Crippen LogP contribution in [0, 0.1) is 0 Å². The van der Waals surface area contributed by atoms with Crippen molar-refractivity contribution in [1.82, 2.24) is 0 Å². The van der Waals surface area contributed by atoms with Crippen molar-refractivity contribution in [3.05, 3.63) is 60.8 Å². The second-order valence-electron chi connectivity index (χ2n) is 20.6. The molecule has 0 aromatic carbocycles. The average Bonchev–Trinajstić information content (AvgIpc) is 3.37. The summed E-state index contributed by atoms with van der Waals surface area (Å²) in [6.07, 6.45) is 75.0. The van der Waals surface area contributed by atoms with E-state index < -0.39 is 6.10 Å². The van der Waals surface area contributed by atoms with Crippen molar-refractivity contribution in [2.24, 2.45) is 0 Å². The number of allylic oxidation sites excluding steroid dienone is 10. The first-order valence-corrected chi connectivity index (χ1v) is 30.8. The Morgan fingerprint density at radius 2 is 0.549 bits per heavy atom. The molecule has 0 unspecified atom stereocenters. The Labute approximate surface area is 440 Å². The van der Waals surface area contributed by atoms with Crippen LogP contribution >= 0.6 is 0 Å². The zero-order chi connectivity index (χ0) is 51.4. The molecule has 0 rings (SSSR count). The molecule has 412 valence electrons. The second kappa shape index (κ2) is 59.7. The van der Waals surface area contributed by atoms with E-state index in [1.54, 1.807) is 0 Å². The van der Waals surface area contributed by atoms with Crippen LogP contribution in [0.15, 0.2) is 60.8 Å². The number of ether oxygens (including phenoxy) is 3. The van der Waals surface area contributed by atoms with Crippen LogP contribution < -0.4 is 0 Å². The lowest BCUT2D eigenvalue weighted by atomic mass is 10.0. The maximum absolute atomic E-state index is 12.9. The highest BCUT2D eigenvalue weighted by Crippen LogP contribution is 2.16. The Bertz CT molecular complexity index is 1280. The molecule has 0 aromatic rings. The number of esters is 3. The van der Waals surface area contributed by atoms with Gasteiger partial charge >= 0.3 is 17.9 Å². The van der Waals surface area contributed by atoms with Crippen molar-refractivity contribution >= 4 is 17.9 Å². The Morgan fingerprint density at radius 3 is 0.873 bits per heavy atom. The van der Waals surface area contributed by atoms with Crippen LogP contribution in [0.2, 0.25) is 0 Å². The highest BCUT2D eigenvalue weighted by atomic mass is 16.6. The SMILES string of the molecule is CC/C=C\C/C=C\C/C=C\CCCCCCCC(=O)OC[C@H](COC(=O)CCCCCCCCC/C=C\CCCCCCCC)OC(=O)CCCCCCCCCCCCC/C=C\CCCCCCCC. The summed E-state index contributed by atoms with van der Waals surface area (Å²) in [7, 11) is 0. The summed E-state index contributed by atoms with van der Waals surface area (Å²) >= 11 is 0. The standard InChI is InChI=1S/C65H116O6/c1-4-7-10-13-16-19-22-25-28-30-31-32-33-35-38-41-44-47-50-53-56-59-65(68)71-62(60-69-63(66)57-54-51-48-45-42-39-36-27-24-21-18-15-12-9-6-3)61-70-64(67)58-55-52-49-46-43-40-37-34-29-26-23-20-17-14-11-8-5-2/h9,12,18,21,25-29,36,62H,4-8,10-11,13-17,19-20,22-24,30-35,37-61H2,1-3H3/b12-9-,21-18-,28-25-,29-26-,36-27-/t62-/m1/s1. The largest absolute Gasteiger partial charge is 0.462 e. The molecule has 0 radical (unpaired) electrons. The predicted octanol–water partition coefficient (Wildman–Crippen LogP) is 20.8. The average molecular weight is 994 g/mol. The van der Waals surface area contributed by atoms with E-state index in [1.807, 2.05) is 0 Å². The minimum atomic E-state index is -0.784. The fraction of sp³-hybridized carbons (Fsp3) is 0.800. The third-order valence-corrected chi connectivity index (χ3v) is 13.5. The zero-order valence-corrected chi connectivity index (χ0v) is 47.2. The van der Waals surface area contributed by atoms with E-state index >= 15 is 0 Å². The zero-order valence-electron chi connectivity index (χ0n) is 47.2. The smallest absolute Gasteiger partial charge is 0.306 e. The van der Waals surface area contributed by atoms with E-state index in [1.165, 1.54) is 180 Å². The van der Waals surface area contributed by atoms with Crippen LogP contribution in [0.5, 0.6) is 0 Å². The molecule has 0 saturated carbocycles. The molecule has 0 heterocycles. The van der Waals surface area contributed by atoms with Gasteiger partial charge in [-0.25, -0.2) is 0 Å². The van der Waals surface area contributed by atoms with Gasteiger partial charge in [0.05, 0.1) is 0 Å². The molecule has 0 fully saturated rings. The number of unbranched alkanes of at least 4 members (excludes halogenated alkanes) is 35.